The van der Waals surface area contributed by atoms with Crippen LogP contribution in [0.1, 0.15) is 5.56 Å². The highest BCUT2D eigenvalue weighted by Gasteiger charge is 2.24. The van der Waals surface area contributed by atoms with E-state index in [2.05, 4.69) is 14.9 Å². The molecule has 4 aromatic rings. The quantitative estimate of drug-likeness (QED) is 0.413. The Bertz CT molecular complexity index is 1350. The Labute approximate surface area is 209 Å². The van der Waals surface area contributed by atoms with Crippen molar-refractivity contribution in [3.63, 3.8) is 0 Å². The summed E-state index contributed by atoms with van der Waals surface area (Å²) in [7, 11) is 1.58. The predicted octanol–water partition coefficient (Wildman–Crippen LogP) is 3.81. The van der Waals surface area contributed by atoms with Crippen molar-refractivity contribution < 1.29 is 13.9 Å². The average Bonchev–Trinajstić information content (AvgIpc) is 3.34. The Morgan fingerprint density at radius 1 is 0.972 bits per heavy atom. The minimum atomic E-state index is -0.254. The highest BCUT2D eigenvalue weighted by atomic mass is 19.1. The number of benzene rings is 2. The maximum absolute atomic E-state index is 13.8. The Morgan fingerprint density at radius 3 is 2.36 bits per heavy atom. The number of carbonyl (C=O) groups excluding carboxylic acids is 1. The van der Waals surface area contributed by atoms with E-state index < -0.39 is 0 Å². The standard InChI is InChI=1S/C27H27FN6O2/c1-19-14-21(8-9-23(19)28)24-15-25(20-6-4-3-5-7-20)34(31-24)18-26(35)32-10-12-33(13-11-32)27-29-16-22(36-2)17-30-27/h3-9,14-17H,10-13,18H2,1-2H3. The number of nitrogens with zero attached hydrogens (tertiary/aromatic N) is 6. The molecule has 0 atom stereocenters. The van der Waals surface area contributed by atoms with Crippen LogP contribution < -0.4 is 9.64 Å². The second kappa shape index (κ2) is 10.2. The summed E-state index contributed by atoms with van der Waals surface area (Å²) in [4.78, 5) is 25.9. The third kappa shape index (κ3) is 4.91. The van der Waals surface area contributed by atoms with E-state index in [1.54, 1.807) is 43.2 Å². The molecule has 0 aliphatic carbocycles. The minimum absolute atomic E-state index is 0.00702. The zero-order chi connectivity index (χ0) is 25.1. The molecule has 2 aromatic carbocycles. The number of ether oxygens (including phenoxy) is 1. The summed E-state index contributed by atoms with van der Waals surface area (Å²) in [6.45, 7) is 4.27. The molecule has 8 nitrogen and oxygen atoms in total. The van der Waals surface area contributed by atoms with Crippen LogP contribution in [0.15, 0.2) is 67.0 Å². The average molecular weight is 487 g/mol. The summed E-state index contributed by atoms with van der Waals surface area (Å²) < 4.78 is 20.7. The first-order valence-corrected chi connectivity index (χ1v) is 11.8. The Kier molecular flexibility index (Phi) is 6.62. The molecule has 1 aliphatic rings. The molecular formula is C27H27FN6O2. The minimum Gasteiger partial charge on any atom is -0.494 e. The number of methoxy groups -OCH3 is 1. The van der Waals surface area contributed by atoms with E-state index in [9.17, 15) is 9.18 Å². The maximum atomic E-state index is 13.8. The smallest absolute Gasteiger partial charge is 0.244 e. The second-order valence-corrected chi connectivity index (χ2v) is 8.69. The van der Waals surface area contributed by atoms with Gasteiger partial charge in [-0.3, -0.25) is 9.48 Å². The topological polar surface area (TPSA) is 76.4 Å². The van der Waals surface area contributed by atoms with Crippen LogP contribution in [0.25, 0.3) is 22.5 Å². The number of hydrogen-bond donors (Lipinski definition) is 0. The van der Waals surface area contributed by atoms with Crippen LogP contribution in [0.2, 0.25) is 0 Å². The lowest BCUT2D eigenvalue weighted by Gasteiger charge is -2.34. The summed E-state index contributed by atoms with van der Waals surface area (Å²) in [6.07, 6.45) is 3.28. The number of piperazine rings is 1. The van der Waals surface area contributed by atoms with Gasteiger partial charge in [0, 0.05) is 31.7 Å². The number of anilines is 1. The summed E-state index contributed by atoms with van der Waals surface area (Å²) in [5.74, 6) is 0.972. The first kappa shape index (κ1) is 23.5. The van der Waals surface area contributed by atoms with E-state index in [0.29, 0.717) is 49.1 Å². The van der Waals surface area contributed by atoms with Gasteiger partial charge in [0.1, 0.15) is 12.4 Å². The zero-order valence-corrected chi connectivity index (χ0v) is 20.3. The fraction of sp³-hybridized carbons (Fsp3) is 0.259. The molecule has 184 valence electrons. The molecule has 0 unspecified atom stereocenters. The van der Waals surface area contributed by atoms with Crippen LogP contribution in [-0.4, -0.2) is 63.8 Å². The second-order valence-electron chi connectivity index (χ2n) is 8.69. The number of amides is 1. The van der Waals surface area contributed by atoms with Crippen molar-refractivity contribution in [3.8, 4) is 28.3 Å². The van der Waals surface area contributed by atoms with Gasteiger partial charge in [0.15, 0.2) is 5.75 Å². The fourth-order valence-electron chi connectivity index (χ4n) is 4.29. The van der Waals surface area contributed by atoms with E-state index in [1.807, 2.05) is 41.3 Å². The molecule has 1 saturated heterocycles. The first-order valence-electron chi connectivity index (χ1n) is 11.8. The fourth-order valence-corrected chi connectivity index (χ4v) is 4.29. The summed E-state index contributed by atoms with van der Waals surface area (Å²) in [6, 6.07) is 16.7. The molecule has 1 aliphatic heterocycles. The number of aryl methyl sites for hydroxylation is 1. The molecule has 0 bridgehead atoms. The van der Waals surface area contributed by atoms with Gasteiger partial charge in [-0.1, -0.05) is 30.3 Å². The van der Waals surface area contributed by atoms with Gasteiger partial charge in [0.05, 0.1) is 30.9 Å². The summed E-state index contributed by atoms with van der Waals surface area (Å²) in [5, 5.41) is 4.75. The molecule has 1 amide bonds. The SMILES string of the molecule is COc1cnc(N2CCN(C(=O)Cn3nc(-c4ccc(F)c(C)c4)cc3-c3ccccc3)CC2)nc1. The summed E-state index contributed by atoms with van der Waals surface area (Å²) >= 11 is 0. The Hall–Kier alpha value is -4.27. The lowest BCUT2D eigenvalue weighted by atomic mass is 10.1. The van der Waals surface area contributed by atoms with Crippen LogP contribution >= 0.6 is 0 Å². The normalized spacial score (nSPS) is 13.6. The van der Waals surface area contributed by atoms with E-state index in [0.717, 1.165) is 16.8 Å². The molecule has 0 spiro atoms. The largest absolute Gasteiger partial charge is 0.494 e. The van der Waals surface area contributed by atoms with Crippen LogP contribution in [-0.2, 0) is 11.3 Å². The van der Waals surface area contributed by atoms with Gasteiger partial charge < -0.3 is 14.5 Å². The van der Waals surface area contributed by atoms with Crippen LogP contribution in [0.5, 0.6) is 5.75 Å². The predicted molar refractivity (Wildman–Crippen MR) is 135 cm³/mol. The van der Waals surface area contributed by atoms with Crippen LogP contribution in [0.3, 0.4) is 0 Å². The molecular weight excluding hydrogens is 459 g/mol. The van der Waals surface area contributed by atoms with Gasteiger partial charge in [0.2, 0.25) is 11.9 Å². The molecule has 0 saturated carbocycles. The van der Waals surface area contributed by atoms with E-state index in [1.165, 1.54) is 6.07 Å². The maximum Gasteiger partial charge on any atom is 0.244 e. The van der Waals surface area contributed by atoms with Crippen molar-refractivity contribution in [2.24, 2.45) is 0 Å². The number of hydrogen-bond acceptors (Lipinski definition) is 6. The van der Waals surface area contributed by atoms with Crippen LogP contribution in [0.4, 0.5) is 10.3 Å². The van der Waals surface area contributed by atoms with E-state index in [4.69, 9.17) is 9.84 Å². The Morgan fingerprint density at radius 2 is 1.69 bits per heavy atom. The van der Waals surface area contributed by atoms with Gasteiger partial charge in [0.25, 0.3) is 0 Å². The van der Waals surface area contributed by atoms with E-state index in [-0.39, 0.29) is 18.3 Å². The molecule has 9 heteroatoms. The van der Waals surface area contributed by atoms with Crippen molar-refractivity contribution in [3.05, 3.63) is 78.4 Å². The number of carbonyl (C=O) groups is 1. The highest BCUT2D eigenvalue weighted by Crippen LogP contribution is 2.27. The number of rotatable bonds is 6. The van der Waals surface area contributed by atoms with Crippen molar-refractivity contribution in [2.75, 3.05) is 38.2 Å². The monoisotopic (exact) mass is 486 g/mol. The molecule has 0 radical (unpaired) electrons. The molecule has 0 N–H and O–H groups in total. The third-order valence-corrected chi connectivity index (χ3v) is 6.35. The molecule has 2 aromatic heterocycles. The lowest BCUT2D eigenvalue weighted by molar-refractivity contribution is -0.132. The van der Waals surface area contributed by atoms with Crippen molar-refractivity contribution in [1.29, 1.82) is 0 Å². The zero-order valence-electron chi connectivity index (χ0n) is 20.3. The van der Waals surface area contributed by atoms with Crippen molar-refractivity contribution in [2.45, 2.75) is 13.5 Å². The van der Waals surface area contributed by atoms with Crippen LogP contribution in [0, 0.1) is 12.7 Å². The number of halogens is 1. The Balaban J connectivity index is 1.33. The van der Waals surface area contributed by atoms with Gasteiger partial charge >= 0.3 is 0 Å². The lowest BCUT2D eigenvalue weighted by Crippen LogP contribution is -2.50. The van der Waals surface area contributed by atoms with Gasteiger partial charge in [-0.25, -0.2) is 14.4 Å². The highest BCUT2D eigenvalue weighted by molar-refractivity contribution is 5.78. The third-order valence-electron chi connectivity index (χ3n) is 6.35. The van der Waals surface area contributed by atoms with Crippen molar-refractivity contribution in [1.82, 2.24) is 24.6 Å². The van der Waals surface area contributed by atoms with Gasteiger partial charge in [-0.15, -0.1) is 0 Å². The van der Waals surface area contributed by atoms with E-state index >= 15 is 0 Å². The first-order chi connectivity index (χ1) is 17.5. The molecule has 3 heterocycles. The van der Waals surface area contributed by atoms with Gasteiger partial charge in [-0.05, 0) is 42.3 Å². The molecule has 1 fully saturated rings. The van der Waals surface area contributed by atoms with Gasteiger partial charge in [-0.2, -0.15) is 5.10 Å². The summed E-state index contributed by atoms with van der Waals surface area (Å²) in [5.41, 5.74) is 3.87. The molecule has 5 rings (SSSR count). The molecule has 36 heavy (non-hydrogen) atoms. The van der Waals surface area contributed by atoms with Crippen molar-refractivity contribution >= 4 is 11.9 Å². The number of aromatic nitrogens is 4.